The van der Waals surface area contributed by atoms with Crippen molar-refractivity contribution in [2.24, 2.45) is 5.73 Å². The zero-order valence-corrected chi connectivity index (χ0v) is 15.3. The number of amides is 1. The summed E-state index contributed by atoms with van der Waals surface area (Å²) in [7, 11) is 1.87. The van der Waals surface area contributed by atoms with Crippen molar-refractivity contribution in [2.75, 3.05) is 13.2 Å². The molecule has 2 atom stereocenters. The second-order valence-electron chi connectivity index (χ2n) is 6.04. The molecule has 3 rings (SSSR count). The van der Waals surface area contributed by atoms with E-state index >= 15 is 0 Å². The van der Waals surface area contributed by atoms with E-state index < -0.39 is 18.1 Å². The van der Waals surface area contributed by atoms with Crippen LogP contribution in [0.4, 0.5) is 4.79 Å². The number of hydrogen-bond donors (Lipinski definition) is 2. The third-order valence-electron chi connectivity index (χ3n) is 4.49. The van der Waals surface area contributed by atoms with Gasteiger partial charge in [-0.15, -0.1) is 0 Å². The summed E-state index contributed by atoms with van der Waals surface area (Å²) >= 11 is 0. The lowest BCUT2D eigenvalue weighted by Crippen LogP contribution is -2.42. The Morgan fingerprint density at radius 1 is 1.08 bits per heavy atom. The molecular formula is C19H21N2O4P. The minimum Gasteiger partial charge on any atom is -0.450 e. The predicted octanol–water partition coefficient (Wildman–Crippen LogP) is 2.58. The zero-order chi connectivity index (χ0) is 18.5. The van der Waals surface area contributed by atoms with Crippen LogP contribution in [0.2, 0.25) is 0 Å². The lowest BCUT2D eigenvalue weighted by atomic mass is 9.98. The van der Waals surface area contributed by atoms with Crippen molar-refractivity contribution in [3.05, 3.63) is 59.7 Å². The highest BCUT2D eigenvalue weighted by atomic mass is 31.0. The molecule has 0 radical (unpaired) electrons. The van der Waals surface area contributed by atoms with E-state index in [0.717, 1.165) is 22.3 Å². The molecule has 1 aliphatic rings. The van der Waals surface area contributed by atoms with Gasteiger partial charge in [0.05, 0.1) is 9.47 Å². The molecule has 0 saturated carbocycles. The Morgan fingerprint density at radius 3 is 2.19 bits per heavy atom. The summed E-state index contributed by atoms with van der Waals surface area (Å²) in [6.07, 6.45) is -0.391. The molecule has 136 valence electrons. The van der Waals surface area contributed by atoms with Crippen LogP contribution >= 0.6 is 9.47 Å². The van der Waals surface area contributed by atoms with Crippen LogP contribution in [-0.2, 0) is 14.1 Å². The first-order valence-electron chi connectivity index (χ1n) is 8.38. The molecule has 1 aliphatic carbocycles. The number of fused-ring (bicyclic) bond motifs is 3. The molecule has 0 aliphatic heterocycles. The van der Waals surface area contributed by atoms with Crippen molar-refractivity contribution in [2.45, 2.75) is 18.4 Å². The second-order valence-corrected chi connectivity index (χ2v) is 6.27. The smallest absolute Gasteiger partial charge is 0.407 e. The van der Waals surface area contributed by atoms with Gasteiger partial charge in [0.1, 0.15) is 12.6 Å². The number of ether oxygens (including phenoxy) is 1. The molecule has 0 fully saturated rings. The van der Waals surface area contributed by atoms with Gasteiger partial charge >= 0.3 is 12.1 Å². The molecule has 2 aromatic carbocycles. The van der Waals surface area contributed by atoms with Gasteiger partial charge in [0.25, 0.3) is 0 Å². The maximum atomic E-state index is 12.1. The molecule has 0 heterocycles. The quantitative estimate of drug-likeness (QED) is 0.761. The first kappa shape index (κ1) is 18.4. The molecule has 2 aromatic rings. The van der Waals surface area contributed by atoms with Crippen molar-refractivity contribution >= 4 is 21.5 Å². The number of nitrogens with one attached hydrogen (secondary N) is 1. The van der Waals surface area contributed by atoms with Gasteiger partial charge in [0, 0.05) is 5.92 Å². The summed E-state index contributed by atoms with van der Waals surface area (Å²) in [5.41, 5.74) is 10.0. The normalized spacial score (nSPS) is 13.5. The van der Waals surface area contributed by atoms with Gasteiger partial charge in [-0.1, -0.05) is 48.5 Å². The lowest BCUT2D eigenvalue weighted by molar-refractivity contribution is -0.135. The van der Waals surface area contributed by atoms with Crippen molar-refractivity contribution in [1.82, 2.24) is 5.32 Å². The van der Waals surface area contributed by atoms with Crippen LogP contribution in [0.15, 0.2) is 48.5 Å². The first-order chi connectivity index (χ1) is 12.7. The summed E-state index contributed by atoms with van der Waals surface area (Å²) in [5.74, 6) is -0.608. The van der Waals surface area contributed by atoms with Gasteiger partial charge in [0.2, 0.25) is 0 Å². The fraction of sp³-hybridized carbons (Fsp3) is 0.263. The van der Waals surface area contributed by atoms with Crippen molar-refractivity contribution in [1.29, 1.82) is 0 Å². The third-order valence-corrected chi connectivity index (χ3v) is 4.72. The van der Waals surface area contributed by atoms with E-state index in [1.807, 2.05) is 45.9 Å². The number of alkyl carbamates (subject to hydrolysis) is 1. The number of hydrogen-bond acceptors (Lipinski definition) is 5. The fourth-order valence-corrected chi connectivity index (χ4v) is 3.44. The number of benzene rings is 2. The maximum absolute atomic E-state index is 12.1. The van der Waals surface area contributed by atoms with Crippen LogP contribution in [0.5, 0.6) is 0 Å². The molecular weight excluding hydrogens is 351 g/mol. The Bertz CT molecular complexity index is 766. The van der Waals surface area contributed by atoms with Crippen LogP contribution in [-0.4, -0.2) is 31.3 Å². The molecule has 1 unspecified atom stereocenters. The summed E-state index contributed by atoms with van der Waals surface area (Å²) in [5, 5.41) is 2.51. The van der Waals surface area contributed by atoms with Crippen LogP contribution in [0, 0.1) is 0 Å². The van der Waals surface area contributed by atoms with Crippen molar-refractivity contribution in [3.63, 3.8) is 0 Å². The summed E-state index contributed by atoms with van der Waals surface area (Å²) < 4.78 is 9.99. The summed E-state index contributed by atoms with van der Waals surface area (Å²) in [6, 6.07) is 15.4. The highest BCUT2D eigenvalue weighted by Crippen LogP contribution is 2.44. The minimum atomic E-state index is -0.826. The third kappa shape index (κ3) is 3.71. The van der Waals surface area contributed by atoms with Gasteiger partial charge in [-0.2, -0.15) is 0 Å². The zero-order valence-electron chi connectivity index (χ0n) is 14.2. The number of rotatable bonds is 6. The van der Waals surface area contributed by atoms with Crippen LogP contribution < -0.4 is 11.1 Å². The van der Waals surface area contributed by atoms with E-state index in [9.17, 15) is 9.59 Å². The predicted molar refractivity (Wildman–Crippen MR) is 101 cm³/mol. The molecule has 6 nitrogen and oxygen atoms in total. The topological polar surface area (TPSA) is 90.6 Å². The standard InChI is InChI=1S/C19H21N2O4P/c20-10-9-17(18(22)25-26)21-19(23)24-11-16-14-7-3-1-5-12(14)13-6-2-4-8-15(13)16/h1-8,16-17H,9-11,20,26H2,(H,21,23)/t17-/m0/s1. The average molecular weight is 372 g/mol. The fourth-order valence-electron chi connectivity index (χ4n) is 3.28. The molecule has 3 N–H and O–H groups in total. The number of carbonyl (C=O) groups excluding carboxylic acids is 2. The van der Waals surface area contributed by atoms with E-state index in [-0.39, 0.29) is 25.5 Å². The van der Waals surface area contributed by atoms with Crippen molar-refractivity contribution < 1.29 is 18.8 Å². The van der Waals surface area contributed by atoms with Gasteiger partial charge in [-0.3, -0.25) is 0 Å². The van der Waals surface area contributed by atoms with Crippen LogP contribution in [0.25, 0.3) is 11.1 Å². The monoisotopic (exact) mass is 372 g/mol. The van der Waals surface area contributed by atoms with Gasteiger partial charge in [-0.05, 0) is 35.2 Å². The second kappa shape index (κ2) is 8.30. The molecule has 1 amide bonds. The maximum Gasteiger partial charge on any atom is 0.407 e. The SMILES string of the molecule is NCC[C@H](NC(=O)OCC1c2ccccc2-c2ccccc21)C(=O)OP. The molecule has 26 heavy (non-hydrogen) atoms. The average Bonchev–Trinajstić information content (AvgIpc) is 2.99. The van der Waals surface area contributed by atoms with Gasteiger partial charge in [-0.25, -0.2) is 9.59 Å². The summed E-state index contributed by atoms with van der Waals surface area (Å²) in [6.45, 7) is 0.430. The van der Waals surface area contributed by atoms with E-state index in [1.165, 1.54) is 0 Å². The van der Waals surface area contributed by atoms with Crippen molar-refractivity contribution in [3.8, 4) is 11.1 Å². The molecule has 0 spiro atoms. The Balaban J connectivity index is 1.70. The molecule has 0 aromatic heterocycles. The van der Waals surface area contributed by atoms with Gasteiger partial charge in [0.15, 0.2) is 0 Å². The highest BCUT2D eigenvalue weighted by molar-refractivity contribution is 7.10. The van der Waals surface area contributed by atoms with Crippen LogP contribution in [0.1, 0.15) is 23.5 Å². The highest BCUT2D eigenvalue weighted by Gasteiger charge is 2.29. The van der Waals surface area contributed by atoms with E-state index in [0.29, 0.717) is 0 Å². The first-order valence-corrected chi connectivity index (χ1v) is 8.85. The lowest BCUT2D eigenvalue weighted by Gasteiger charge is -2.18. The van der Waals surface area contributed by atoms with E-state index in [1.54, 1.807) is 0 Å². The largest absolute Gasteiger partial charge is 0.450 e. The Labute approximate surface area is 154 Å². The Morgan fingerprint density at radius 2 is 1.65 bits per heavy atom. The Hall–Kier alpha value is -2.43. The number of carbonyl (C=O) groups is 2. The van der Waals surface area contributed by atoms with E-state index in [2.05, 4.69) is 22.0 Å². The van der Waals surface area contributed by atoms with Crippen LogP contribution in [0.3, 0.4) is 0 Å². The van der Waals surface area contributed by atoms with Gasteiger partial charge < -0.3 is 20.3 Å². The molecule has 7 heteroatoms. The molecule has 0 saturated heterocycles. The minimum absolute atomic E-state index is 0.0326. The molecule has 0 bridgehead atoms. The van der Waals surface area contributed by atoms with E-state index in [4.69, 9.17) is 10.5 Å². The summed E-state index contributed by atoms with van der Waals surface area (Å²) in [4.78, 5) is 23.8. The number of nitrogens with two attached hydrogens (primary N) is 1. The Kier molecular flexibility index (Phi) is 5.86.